The Morgan fingerprint density at radius 2 is 2.14 bits per heavy atom. The molecule has 2 rings (SSSR count). The van der Waals surface area contributed by atoms with E-state index in [0.29, 0.717) is 12.1 Å². The number of aromatic nitrogens is 1. The van der Waals surface area contributed by atoms with Gasteiger partial charge in [0.25, 0.3) is 5.91 Å². The molecule has 0 spiro atoms. The minimum Gasteiger partial charge on any atom is -0.350 e. The van der Waals surface area contributed by atoms with Crippen molar-refractivity contribution in [3.63, 3.8) is 0 Å². The highest BCUT2D eigenvalue weighted by Gasteiger charge is 2.16. The quantitative estimate of drug-likeness (QED) is 0.885. The summed E-state index contributed by atoms with van der Waals surface area (Å²) in [5.74, 6) is -0.496. The fraction of sp³-hybridized carbons (Fsp3) is 0.250. The normalized spacial score (nSPS) is 12.2. The van der Waals surface area contributed by atoms with Crippen LogP contribution in [0.2, 0.25) is 0 Å². The molecule has 1 heterocycles. The Morgan fingerprint density at radius 3 is 2.77 bits per heavy atom. The standard InChI is InChI=1S/C16H17BrFN3O/c1-21(2)15(11-4-3-5-14(18)7-11)10-20-16(22)12-6-13(17)9-19-8-12/h3-9,15H,10H2,1-2H3,(H,20,22)/t15-/m0/s1. The van der Waals surface area contributed by atoms with Gasteiger partial charge >= 0.3 is 0 Å². The van der Waals surface area contributed by atoms with Gasteiger partial charge in [0.05, 0.1) is 11.6 Å². The maximum atomic E-state index is 13.4. The monoisotopic (exact) mass is 365 g/mol. The Morgan fingerprint density at radius 1 is 1.36 bits per heavy atom. The molecule has 4 nitrogen and oxygen atoms in total. The van der Waals surface area contributed by atoms with Crippen molar-refractivity contribution in [3.05, 3.63) is 64.1 Å². The summed E-state index contributed by atoms with van der Waals surface area (Å²) in [7, 11) is 3.78. The van der Waals surface area contributed by atoms with Gasteiger partial charge in [-0.15, -0.1) is 0 Å². The lowest BCUT2D eigenvalue weighted by Gasteiger charge is -2.25. The maximum Gasteiger partial charge on any atom is 0.252 e. The second kappa shape index (κ2) is 7.47. The van der Waals surface area contributed by atoms with Gasteiger partial charge in [-0.3, -0.25) is 9.78 Å². The van der Waals surface area contributed by atoms with Crippen LogP contribution in [0.3, 0.4) is 0 Å². The van der Waals surface area contributed by atoms with Gasteiger partial charge in [-0.05, 0) is 53.8 Å². The highest BCUT2D eigenvalue weighted by molar-refractivity contribution is 9.10. The summed E-state index contributed by atoms with van der Waals surface area (Å²) in [6, 6.07) is 8.00. The Bertz CT molecular complexity index is 663. The molecule has 1 atom stereocenters. The molecular formula is C16H17BrFN3O. The average Bonchev–Trinajstić information content (AvgIpc) is 2.47. The van der Waals surface area contributed by atoms with Crippen molar-refractivity contribution < 1.29 is 9.18 Å². The van der Waals surface area contributed by atoms with Crippen molar-refractivity contribution in [1.82, 2.24) is 15.2 Å². The van der Waals surface area contributed by atoms with Crippen molar-refractivity contribution in [2.45, 2.75) is 6.04 Å². The second-order valence-corrected chi connectivity index (χ2v) is 6.05. The van der Waals surface area contributed by atoms with Gasteiger partial charge in [0, 0.05) is 23.4 Å². The highest BCUT2D eigenvalue weighted by Crippen LogP contribution is 2.18. The van der Waals surface area contributed by atoms with E-state index in [-0.39, 0.29) is 17.8 Å². The van der Waals surface area contributed by atoms with Crippen LogP contribution in [0.25, 0.3) is 0 Å². The number of nitrogens with one attached hydrogen (secondary N) is 1. The minimum atomic E-state index is -0.285. The summed E-state index contributed by atoms with van der Waals surface area (Å²) < 4.78 is 14.1. The van der Waals surface area contributed by atoms with E-state index in [4.69, 9.17) is 0 Å². The molecule has 0 aliphatic heterocycles. The first-order valence-electron chi connectivity index (χ1n) is 6.78. The molecule has 1 aromatic heterocycles. The van der Waals surface area contributed by atoms with Crippen LogP contribution < -0.4 is 5.32 Å². The van der Waals surface area contributed by atoms with E-state index < -0.39 is 0 Å². The SMILES string of the molecule is CN(C)[C@@H](CNC(=O)c1cncc(Br)c1)c1cccc(F)c1. The lowest BCUT2D eigenvalue weighted by Crippen LogP contribution is -2.34. The topological polar surface area (TPSA) is 45.2 Å². The predicted molar refractivity (Wildman–Crippen MR) is 87.1 cm³/mol. The lowest BCUT2D eigenvalue weighted by molar-refractivity contribution is 0.0941. The molecular weight excluding hydrogens is 349 g/mol. The average molecular weight is 366 g/mol. The van der Waals surface area contributed by atoms with Gasteiger partial charge < -0.3 is 10.2 Å². The third-order valence-electron chi connectivity index (χ3n) is 3.28. The van der Waals surface area contributed by atoms with Crippen LogP contribution >= 0.6 is 15.9 Å². The zero-order valence-corrected chi connectivity index (χ0v) is 14.0. The van der Waals surface area contributed by atoms with E-state index in [1.54, 1.807) is 18.3 Å². The molecule has 6 heteroatoms. The van der Waals surface area contributed by atoms with Crippen molar-refractivity contribution in [3.8, 4) is 0 Å². The largest absolute Gasteiger partial charge is 0.350 e. The third-order valence-corrected chi connectivity index (χ3v) is 3.71. The molecule has 1 N–H and O–H groups in total. The van der Waals surface area contributed by atoms with Crippen molar-refractivity contribution in [2.24, 2.45) is 0 Å². The van der Waals surface area contributed by atoms with Crippen molar-refractivity contribution in [1.29, 1.82) is 0 Å². The number of carbonyl (C=O) groups excluding carboxylic acids is 1. The van der Waals surface area contributed by atoms with Crippen LogP contribution in [-0.4, -0.2) is 36.4 Å². The first-order chi connectivity index (χ1) is 10.5. The zero-order valence-electron chi connectivity index (χ0n) is 12.4. The highest BCUT2D eigenvalue weighted by atomic mass is 79.9. The van der Waals surface area contributed by atoms with Gasteiger partial charge in [-0.25, -0.2) is 4.39 Å². The summed E-state index contributed by atoms with van der Waals surface area (Å²) in [4.78, 5) is 18.1. The molecule has 1 aromatic carbocycles. The van der Waals surface area contributed by atoms with Crippen LogP contribution in [0.4, 0.5) is 4.39 Å². The molecule has 0 unspecified atom stereocenters. The summed E-state index contributed by atoms with van der Waals surface area (Å²) in [5, 5.41) is 2.86. The zero-order chi connectivity index (χ0) is 16.1. The number of amides is 1. The Hall–Kier alpha value is -1.79. The van der Waals surface area contributed by atoms with Crippen LogP contribution in [0, 0.1) is 5.82 Å². The molecule has 2 aromatic rings. The predicted octanol–water partition coefficient (Wildman–Crippen LogP) is 3.02. The van der Waals surface area contributed by atoms with Gasteiger partial charge in [0.15, 0.2) is 0 Å². The molecule has 1 amide bonds. The lowest BCUT2D eigenvalue weighted by atomic mass is 10.1. The van der Waals surface area contributed by atoms with E-state index in [2.05, 4.69) is 26.2 Å². The molecule has 0 fully saturated rings. The third kappa shape index (κ3) is 4.35. The van der Waals surface area contributed by atoms with Crippen LogP contribution in [-0.2, 0) is 0 Å². The van der Waals surface area contributed by atoms with Gasteiger partial charge in [-0.1, -0.05) is 12.1 Å². The number of carbonyl (C=O) groups is 1. The number of likely N-dealkylation sites (N-methyl/N-ethyl adjacent to an activating group) is 1. The molecule has 0 bridgehead atoms. The van der Waals surface area contributed by atoms with E-state index in [1.165, 1.54) is 18.3 Å². The number of hydrogen-bond acceptors (Lipinski definition) is 3. The number of hydrogen-bond donors (Lipinski definition) is 1. The summed E-state index contributed by atoms with van der Waals surface area (Å²) in [5.41, 5.74) is 1.30. The van der Waals surface area contributed by atoms with Crippen LogP contribution in [0.1, 0.15) is 22.0 Å². The Kier molecular flexibility index (Phi) is 5.63. The molecule has 0 radical (unpaired) electrons. The minimum absolute atomic E-state index is 0.111. The molecule has 0 saturated heterocycles. The summed E-state index contributed by atoms with van der Waals surface area (Å²) in [6.45, 7) is 0.377. The van der Waals surface area contributed by atoms with Gasteiger partial charge in [-0.2, -0.15) is 0 Å². The van der Waals surface area contributed by atoms with Crippen LogP contribution in [0.15, 0.2) is 47.2 Å². The molecule has 0 saturated carbocycles. The fourth-order valence-corrected chi connectivity index (χ4v) is 2.50. The van der Waals surface area contributed by atoms with Gasteiger partial charge in [0.2, 0.25) is 0 Å². The maximum absolute atomic E-state index is 13.4. The molecule has 22 heavy (non-hydrogen) atoms. The number of pyridine rings is 1. The number of nitrogens with zero attached hydrogens (tertiary/aromatic N) is 2. The molecule has 116 valence electrons. The smallest absolute Gasteiger partial charge is 0.252 e. The Balaban J connectivity index is 2.08. The van der Waals surface area contributed by atoms with Crippen molar-refractivity contribution in [2.75, 3.05) is 20.6 Å². The first kappa shape index (κ1) is 16.6. The number of benzene rings is 1. The number of halogens is 2. The Labute approximate surface area is 137 Å². The fourth-order valence-electron chi connectivity index (χ4n) is 2.14. The van der Waals surface area contributed by atoms with Crippen molar-refractivity contribution >= 4 is 21.8 Å². The number of rotatable bonds is 5. The summed E-state index contributed by atoms with van der Waals surface area (Å²) >= 11 is 3.29. The molecule has 0 aliphatic carbocycles. The molecule has 0 aliphatic rings. The van der Waals surface area contributed by atoms with E-state index in [9.17, 15) is 9.18 Å². The second-order valence-electron chi connectivity index (χ2n) is 5.14. The van der Waals surface area contributed by atoms with E-state index >= 15 is 0 Å². The van der Waals surface area contributed by atoms with E-state index in [1.807, 2.05) is 25.1 Å². The summed E-state index contributed by atoms with van der Waals surface area (Å²) in [6.07, 6.45) is 3.12. The first-order valence-corrected chi connectivity index (χ1v) is 7.57. The van der Waals surface area contributed by atoms with E-state index in [0.717, 1.165) is 10.0 Å². The van der Waals surface area contributed by atoms with Gasteiger partial charge in [0.1, 0.15) is 5.82 Å². The van der Waals surface area contributed by atoms with Crippen LogP contribution in [0.5, 0.6) is 0 Å².